The number of hydrogen-bond acceptors (Lipinski definition) is 5. The number of rotatable bonds is 8. The van der Waals surface area contributed by atoms with Crippen molar-refractivity contribution in [1.82, 2.24) is 29.4 Å². The first-order valence-corrected chi connectivity index (χ1v) is 11.2. The summed E-state index contributed by atoms with van der Waals surface area (Å²) >= 11 is 0. The van der Waals surface area contributed by atoms with E-state index in [1.165, 1.54) is 15.0 Å². The highest BCUT2D eigenvalue weighted by Crippen LogP contribution is 2.15. The second-order valence-corrected chi connectivity index (χ2v) is 9.44. The van der Waals surface area contributed by atoms with Crippen molar-refractivity contribution in [2.24, 2.45) is 11.8 Å². The number of benzene rings is 1. The van der Waals surface area contributed by atoms with Crippen molar-refractivity contribution in [2.45, 2.75) is 60.7 Å². The molecule has 0 fully saturated rings. The number of aromatic nitrogens is 4. The number of carbonyl (C=O) groups is 2. The lowest BCUT2D eigenvalue weighted by Crippen LogP contribution is -2.36. The van der Waals surface area contributed by atoms with Crippen molar-refractivity contribution in [3.63, 3.8) is 0 Å². The molecule has 1 aromatic carbocycles. The van der Waals surface area contributed by atoms with Crippen LogP contribution in [0.3, 0.4) is 0 Å². The van der Waals surface area contributed by atoms with Crippen molar-refractivity contribution in [3.8, 4) is 0 Å². The molecule has 3 rings (SSSR count). The van der Waals surface area contributed by atoms with E-state index >= 15 is 0 Å². The predicted octanol–water partition coefficient (Wildman–Crippen LogP) is 1.38. The zero-order valence-electron chi connectivity index (χ0n) is 20.0. The molecule has 0 unspecified atom stereocenters. The smallest absolute Gasteiger partial charge is 0.352 e. The van der Waals surface area contributed by atoms with E-state index in [-0.39, 0.29) is 53.1 Å². The minimum absolute atomic E-state index is 0.0860. The van der Waals surface area contributed by atoms with E-state index in [1.807, 2.05) is 41.5 Å². The summed E-state index contributed by atoms with van der Waals surface area (Å²) in [5, 5.41) is 10.2. The number of nitrogens with zero attached hydrogens (tertiary/aromatic N) is 4. The lowest BCUT2D eigenvalue weighted by molar-refractivity contribution is -0.122. The normalized spacial score (nSPS) is 11.8. The van der Waals surface area contributed by atoms with Crippen LogP contribution >= 0.6 is 0 Å². The zero-order valence-corrected chi connectivity index (χ0v) is 20.0. The molecular formula is C23H32N6O4. The maximum absolute atomic E-state index is 13.3. The highest BCUT2D eigenvalue weighted by atomic mass is 16.2. The van der Waals surface area contributed by atoms with Gasteiger partial charge in [-0.3, -0.25) is 19.0 Å². The van der Waals surface area contributed by atoms with Crippen LogP contribution in [0.4, 0.5) is 0 Å². The Balaban J connectivity index is 2.24. The number of fused-ring (bicyclic) bond motifs is 3. The summed E-state index contributed by atoms with van der Waals surface area (Å²) in [4.78, 5) is 51.4. The van der Waals surface area contributed by atoms with Gasteiger partial charge in [0.1, 0.15) is 6.54 Å². The lowest BCUT2D eigenvalue weighted by atomic mass is 10.1. The Hall–Kier alpha value is -3.43. The van der Waals surface area contributed by atoms with Gasteiger partial charge in [-0.15, -0.1) is 5.10 Å². The second-order valence-electron chi connectivity index (χ2n) is 9.44. The molecule has 0 aliphatic carbocycles. The highest BCUT2D eigenvalue weighted by molar-refractivity contribution is 5.98. The summed E-state index contributed by atoms with van der Waals surface area (Å²) in [5.74, 6) is -0.104. The molecule has 2 aromatic heterocycles. The van der Waals surface area contributed by atoms with Crippen LogP contribution in [0.5, 0.6) is 0 Å². The molecule has 0 aliphatic heterocycles. The third kappa shape index (κ3) is 5.15. The highest BCUT2D eigenvalue weighted by Gasteiger charge is 2.20. The Kier molecular flexibility index (Phi) is 7.04. The topological polar surface area (TPSA) is 120 Å². The molecule has 0 saturated heterocycles. The van der Waals surface area contributed by atoms with Crippen LogP contribution in [0.25, 0.3) is 16.7 Å². The van der Waals surface area contributed by atoms with Crippen LogP contribution in [0.2, 0.25) is 0 Å². The summed E-state index contributed by atoms with van der Waals surface area (Å²) in [6.45, 7) is 12.1. The van der Waals surface area contributed by atoms with Crippen LogP contribution in [0.1, 0.15) is 51.9 Å². The van der Waals surface area contributed by atoms with Gasteiger partial charge in [0.2, 0.25) is 11.7 Å². The maximum atomic E-state index is 13.3. The molecule has 178 valence electrons. The van der Waals surface area contributed by atoms with Gasteiger partial charge in [0.05, 0.1) is 10.9 Å². The minimum atomic E-state index is -0.550. The molecule has 2 N–H and O–H groups in total. The average Bonchev–Trinajstić information content (AvgIpc) is 3.04. The van der Waals surface area contributed by atoms with E-state index in [2.05, 4.69) is 15.7 Å². The predicted molar refractivity (Wildman–Crippen MR) is 127 cm³/mol. The molecule has 0 aliphatic rings. The van der Waals surface area contributed by atoms with Crippen molar-refractivity contribution in [2.75, 3.05) is 6.54 Å². The first kappa shape index (κ1) is 24.2. The van der Waals surface area contributed by atoms with Crippen molar-refractivity contribution >= 4 is 28.5 Å². The van der Waals surface area contributed by atoms with E-state index in [0.29, 0.717) is 24.0 Å². The van der Waals surface area contributed by atoms with E-state index in [9.17, 15) is 19.2 Å². The van der Waals surface area contributed by atoms with Crippen LogP contribution in [0.15, 0.2) is 27.8 Å². The molecule has 0 bridgehead atoms. The van der Waals surface area contributed by atoms with E-state index < -0.39 is 5.69 Å². The Morgan fingerprint density at radius 3 is 2.33 bits per heavy atom. The molecule has 10 heteroatoms. The van der Waals surface area contributed by atoms with Gasteiger partial charge < -0.3 is 10.6 Å². The third-order valence-corrected chi connectivity index (χ3v) is 5.00. The molecule has 2 heterocycles. The maximum Gasteiger partial charge on any atom is 0.352 e. The van der Waals surface area contributed by atoms with Gasteiger partial charge in [-0.2, -0.15) is 0 Å². The van der Waals surface area contributed by atoms with Gasteiger partial charge >= 0.3 is 5.69 Å². The van der Waals surface area contributed by atoms with E-state index in [1.54, 1.807) is 12.1 Å². The fraction of sp³-hybridized carbons (Fsp3) is 0.522. The Labute approximate surface area is 191 Å². The van der Waals surface area contributed by atoms with Gasteiger partial charge in [0.25, 0.3) is 11.5 Å². The summed E-state index contributed by atoms with van der Waals surface area (Å²) in [7, 11) is 0. The van der Waals surface area contributed by atoms with Gasteiger partial charge in [-0.1, -0.05) is 27.7 Å². The molecule has 33 heavy (non-hydrogen) atoms. The first-order chi connectivity index (χ1) is 15.5. The van der Waals surface area contributed by atoms with Crippen molar-refractivity contribution in [1.29, 1.82) is 0 Å². The van der Waals surface area contributed by atoms with Gasteiger partial charge in [-0.05, 0) is 43.9 Å². The Morgan fingerprint density at radius 2 is 1.73 bits per heavy atom. The van der Waals surface area contributed by atoms with Crippen LogP contribution in [0, 0.1) is 11.8 Å². The van der Waals surface area contributed by atoms with Crippen LogP contribution in [-0.2, 0) is 17.9 Å². The Bertz CT molecular complexity index is 1310. The molecule has 10 nitrogen and oxygen atoms in total. The first-order valence-electron chi connectivity index (χ1n) is 11.2. The number of carbonyl (C=O) groups excluding carboxylic acids is 2. The van der Waals surface area contributed by atoms with E-state index in [0.717, 1.165) is 4.68 Å². The van der Waals surface area contributed by atoms with Crippen molar-refractivity contribution in [3.05, 3.63) is 44.6 Å². The molecule has 2 amide bonds. The minimum Gasteiger partial charge on any atom is -0.352 e. The summed E-state index contributed by atoms with van der Waals surface area (Å²) in [6.07, 6.45) is 0. The summed E-state index contributed by atoms with van der Waals surface area (Å²) in [6, 6.07) is 4.59. The quantitative estimate of drug-likeness (QED) is 0.531. The van der Waals surface area contributed by atoms with Crippen LogP contribution in [-0.4, -0.2) is 43.1 Å². The average molecular weight is 457 g/mol. The number of hydrogen-bond donors (Lipinski definition) is 2. The SMILES string of the molecule is CC(C)CNC(=O)c1ccc2c(=O)n(CC(C)C)c3nn(CC(=O)NC(C)C)c(=O)n3c2c1. The molecule has 0 atom stereocenters. The number of amides is 2. The third-order valence-electron chi connectivity index (χ3n) is 5.00. The monoisotopic (exact) mass is 456 g/mol. The number of nitrogens with one attached hydrogen (secondary N) is 2. The summed E-state index contributed by atoms with van der Waals surface area (Å²) < 4.78 is 3.80. The summed E-state index contributed by atoms with van der Waals surface area (Å²) in [5.41, 5.74) is -0.231. The second kappa shape index (κ2) is 9.60. The lowest BCUT2D eigenvalue weighted by Gasteiger charge is -2.13. The molecule has 0 radical (unpaired) electrons. The van der Waals surface area contributed by atoms with Gasteiger partial charge in [-0.25, -0.2) is 13.9 Å². The van der Waals surface area contributed by atoms with Crippen LogP contribution < -0.4 is 21.9 Å². The molecule has 0 spiro atoms. The fourth-order valence-electron chi connectivity index (χ4n) is 3.59. The fourth-order valence-corrected chi connectivity index (χ4v) is 3.59. The van der Waals surface area contributed by atoms with Gasteiger partial charge in [0, 0.05) is 24.7 Å². The molecule has 3 aromatic rings. The van der Waals surface area contributed by atoms with E-state index in [4.69, 9.17) is 0 Å². The largest absolute Gasteiger partial charge is 0.352 e. The molecule has 0 saturated carbocycles. The molecular weight excluding hydrogens is 424 g/mol. The standard InChI is InChI=1S/C23H32N6O4/c1-13(2)10-24-20(31)16-7-8-17-18(9-16)29-22(27(21(17)32)11-14(3)4)26-28(23(29)33)12-19(30)25-15(5)6/h7-9,13-15H,10-12H2,1-6H3,(H,24,31)(H,25,30). The Morgan fingerprint density at radius 1 is 1.03 bits per heavy atom. The zero-order chi connectivity index (χ0) is 24.4. The van der Waals surface area contributed by atoms with Gasteiger partial charge in [0.15, 0.2) is 0 Å². The van der Waals surface area contributed by atoms with Crippen molar-refractivity contribution < 1.29 is 9.59 Å².